The van der Waals surface area contributed by atoms with Gasteiger partial charge in [-0.05, 0) is 43.4 Å². The second-order valence-electron chi connectivity index (χ2n) is 4.51. The van der Waals surface area contributed by atoms with Gasteiger partial charge >= 0.3 is 0 Å². The van der Waals surface area contributed by atoms with Crippen LogP contribution in [-0.2, 0) is 5.54 Å². The highest BCUT2D eigenvalue weighted by Gasteiger charge is 2.45. The third kappa shape index (κ3) is 1.19. The van der Waals surface area contributed by atoms with E-state index in [2.05, 4.69) is 17.4 Å². The van der Waals surface area contributed by atoms with Crippen molar-refractivity contribution in [2.75, 3.05) is 0 Å². The Labute approximate surface area is 89.5 Å². The Hall–Kier alpha value is -0.530. The largest absolute Gasteiger partial charge is 0.305 e. The first-order chi connectivity index (χ1) is 6.78. The van der Waals surface area contributed by atoms with E-state index in [0.29, 0.717) is 0 Å². The summed E-state index contributed by atoms with van der Waals surface area (Å²) in [5.41, 5.74) is 1.71. The lowest BCUT2D eigenvalue weighted by Crippen LogP contribution is -2.32. The van der Waals surface area contributed by atoms with Crippen molar-refractivity contribution in [2.45, 2.75) is 37.3 Å². The molecule has 2 aliphatic heterocycles. The molecule has 0 aliphatic carbocycles. The molecule has 1 aromatic rings. The van der Waals surface area contributed by atoms with Crippen molar-refractivity contribution in [1.82, 2.24) is 5.32 Å². The highest BCUT2D eigenvalue weighted by Crippen LogP contribution is 2.44. The fraction of sp³-hybridized carbons (Fsp3) is 0.500. The fourth-order valence-corrected chi connectivity index (χ4v) is 3.06. The molecule has 0 aromatic heterocycles. The lowest BCUT2D eigenvalue weighted by molar-refractivity contribution is 0.401. The molecular formula is C12H14ClN. The molecule has 2 bridgehead atoms. The highest BCUT2D eigenvalue weighted by atomic mass is 35.5. The average molecular weight is 208 g/mol. The second kappa shape index (κ2) is 2.98. The van der Waals surface area contributed by atoms with Crippen molar-refractivity contribution in [3.8, 4) is 0 Å². The first-order valence-corrected chi connectivity index (χ1v) is 5.70. The average Bonchev–Trinajstić information content (AvgIpc) is 2.79. The molecule has 2 heteroatoms. The molecule has 0 atom stereocenters. The normalized spacial score (nSPS) is 35.1. The summed E-state index contributed by atoms with van der Waals surface area (Å²) in [4.78, 5) is 0. The van der Waals surface area contributed by atoms with E-state index >= 15 is 0 Å². The summed E-state index contributed by atoms with van der Waals surface area (Å²) >= 11 is 5.90. The third-order valence-electron chi connectivity index (χ3n) is 3.72. The fourth-order valence-electron chi connectivity index (χ4n) is 2.93. The van der Waals surface area contributed by atoms with Crippen LogP contribution in [0.1, 0.15) is 31.2 Å². The van der Waals surface area contributed by atoms with Crippen molar-refractivity contribution < 1.29 is 0 Å². The monoisotopic (exact) mass is 207 g/mol. The van der Waals surface area contributed by atoms with E-state index in [4.69, 9.17) is 11.6 Å². The molecule has 74 valence electrons. The summed E-state index contributed by atoms with van der Waals surface area (Å²) in [6.07, 6.45) is 5.25. The van der Waals surface area contributed by atoms with Crippen LogP contribution in [0.25, 0.3) is 0 Å². The number of benzene rings is 1. The van der Waals surface area contributed by atoms with Crippen LogP contribution in [0.5, 0.6) is 0 Å². The van der Waals surface area contributed by atoms with Crippen LogP contribution in [-0.4, -0.2) is 6.04 Å². The SMILES string of the molecule is Clc1ccc(C23CCC(CC2)N3)cc1. The molecule has 1 aromatic carbocycles. The van der Waals surface area contributed by atoms with Gasteiger partial charge in [-0.2, -0.15) is 0 Å². The quantitative estimate of drug-likeness (QED) is 0.747. The first kappa shape index (κ1) is 8.75. The van der Waals surface area contributed by atoms with E-state index in [-0.39, 0.29) is 5.54 Å². The number of nitrogens with one attached hydrogen (secondary N) is 1. The summed E-state index contributed by atoms with van der Waals surface area (Å²) in [5, 5.41) is 4.57. The minimum atomic E-state index is 0.287. The summed E-state index contributed by atoms with van der Waals surface area (Å²) in [6.45, 7) is 0. The lowest BCUT2D eigenvalue weighted by Gasteiger charge is -2.26. The van der Waals surface area contributed by atoms with E-state index in [1.807, 2.05) is 12.1 Å². The molecule has 0 unspecified atom stereocenters. The molecule has 14 heavy (non-hydrogen) atoms. The molecule has 0 radical (unpaired) electrons. The van der Waals surface area contributed by atoms with Crippen molar-refractivity contribution in [2.24, 2.45) is 0 Å². The summed E-state index contributed by atoms with van der Waals surface area (Å²) in [7, 11) is 0. The Morgan fingerprint density at radius 3 is 2.29 bits per heavy atom. The van der Waals surface area contributed by atoms with E-state index < -0.39 is 0 Å². The van der Waals surface area contributed by atoms with Crippen LogP contribution < -0.4 is 5.32 Å². The van der Waals surface area contributed by atoms with E-state index in [1.165, 1.54) is 31.2 Å². The highest BCUT2D eigenvalue weighted by molar-refractivity contribution is 6.30. The molecule has 2 heterocycles. The van der Waals surface area contributed by atoms with Gasteiger partial charge in [0.25, 0.3) is 0 Å². The predicted octanol–water partition coefficient (Wildman–Crippen LogP) is 3.08. The topological polar surface area (TPSA) is 12.0 Å². The van der Waals surface area contributed by atoms with Gasteiger partial charge in [0, 0.05) is 16.6 Å². The molecule has 2 fully saturated rings. The summed E-state index contributed by atoms with van der Waals surface area (Å²) in [6, 6.07) is 9.11. The molecule has 0 saturated carbocycles. The van der Waals surface area contributed by atoms with E-state index in [1.54, 1.807) is 0 Å². The zero-order chi connectivity index (χ0) is 9.60. The third-order valence-corrected chi connectivity index (χ3v) is 3.97. The van der Waals surface area contributed by atoms with Crippen LogP contribution in [0.2, 0.25) is 5.02 Å². The Morgan fingerprint density at radius 1 is 1.14 bits per heavy atom. The van der Waals surface area contributed by atoms with Gasteiger partial charge in [0.05, 0.1) is 0 Å². The van der Waals surface area contributed by atoms with Gasteiger partial charge in [-0.1, -0.05) is 23.7 Å². The maximum Gasteiger partial charge on any atom is 0.0437 e. The second-order valence-corrected chi connectivity index (χ2v) is 4.94. The molecular weight excluding hydrogens is 194 g/mol. The van der Waals surface area contributed by atoms with Gasteiger partial charge in [-0.15, -0.1) is 0 Å². The molecule has 3 rings (SSSR count). The van der Waals surface area contributed by atoms with Gasteiger partial charge in [-0.3, -0.25) is 0 Å². The zero-order valence-corrected chi connectivity index (χ0v) is 8.85. The predicted molar refractivity (Wildman–Crippen MR) is 58.5 cm³/mol. The number of halogens is 1. The van der Waals surface area contributed by atoms with Crippen LogP contribution in [0.3, 0.4) is 0 Å². The van der Waals surface area contributed by atoms with Crippen molar-refractivity contribution in [3.63, 3.8) is 0 Å². The van der Waals surface area contributed by atoms with Crippen LogP contribution in [0.4, 0.5) is 0 Å². The smallest absolute Gasteiger partial charge is 0.0437 e. The minimum Gasteiger partial charge on any atom is -0.305 e. The first-order valence-electron chi connectivity index (χ1n) is 5.32. The number of rotatable bonds is 1. The Morgan fingerprint density at radius 2 is 1.79 bits per heavy atom. The van der Waals surface area contributed by atoms with E-state index in [9.17, 15) is 0 Å². The van der Waals surface area contributed by atoms with Gasteiger partial charge < -0.3 is 5.32 Å². The summed E-state index contributed by atoms with van der Waals surface area (Å²) < 4.78 is 0. The Balaban J connectivity index is 1.98. The van der Waals surface area contributed by atoms with E-state index in [0.717, 1.165) is 11.1 Å². The maximum atomic E-state index is 5.90. The number of hydrogen-bond donors (Lipinski definition) is 1. The summed E-state index contributed by atoms with van der Waals surface area (Å²) in [5.74, 6) is 0. The molecule has 0 spiro atoms. The minimum absolute atomic E-state index is 0.287. The van der Waals surface area contributed by atoms with Gasteiger partial charge in [-0.25, -0.2) is 0 Å². The van der Waals surface area contributed by atoms with Gasteiger partial charge in [0.1, 0.15) is 0 Å². The van der Waals surface area contributed by atoms with Crippen LogP contribution in [0, 0.1) is 0 Å². The Kier molecular flexibility index (Phi) is 1.86. The molecule has 2 aliphatic rings. The molecule has 1 nitrogen and oxygen atoms in total. The molecule has 1 N–H and O–H groups in total. The lowest BCUT2D eigenvalue weighted by atomic mass is 9.82. The van der Waals surface area contributed by atoms with Gasteiger partial charge in [0.2, 0.25) is 0 Å². The Bertz CT molecular complexity index is 336. The number of hydrogen-bond acceptors (Lipinski definition) is 1. The van der Waals surface area contributed by atoms with Crippen molar-refractivity contribution >= 4 is 11.6 Å². The number of fused-ring (bicyclic) bond motifs is 2. The maximum absolute atomic E-state index is 5.90. The van der Waals surface area contributed by atoms with Crippen LogP contribution in [0.15, 0.2) is 24.3 Å². The standard InChI is InChI=1S/C12H14ClN/c13-10-3-1-9(2-4-10)12-7-5-11(14-12)6-8-12/h1-4,11,14H,5-8H2. The van der Waals surface area contributed by atoms with Gasteiger partial charge in [0.15, 0.2) is 0 Å². The zero-order valence-electron chi connectivity index (χ0n) is 8.09. The molecule has 2 saturated heterocycles. The van der Waals surface area contributed by atoms with Crippen molar-refractivity contribution in [3.05, 3.63) is 34.9 Å². The van der Waals surface area contributed by atoms with Crippen molar-refractivity contribution in [1.29, 1.82) is 0 Å². The molecule has 0 amide bonds. The van der Waals surface area contributed by atoms with Crippen LogP contribution >= 0.6 is 11.6 Å².